The Morgan fingerprint density at radius 3 is 2.73 bits per heavy atom. The second kappa shape index (κ2) is 4.07. The number of likely N-dealkylation sites (tertiary alicyclic amines) is 1. The van der Waals surface area contributed by atoms with Gasteiger partial charge in [0.25, 0.3) is 0 Å². The predicted octanol–water partition coefficient (Wildman–Crippen LogP) is 0.846. The molecule has 0 spiro atoms. The average molecular weight is 155 g/mol. The van der Waals surface area contributed by atoms with E-state index < -0.39 is 0 Å². The Morgan fingerprint density at radius 1 is 1.55 bits per heavy atom. The first-order valence-corrected chi connectivity index (χ1v) is 4.40. The van der Waals surface area contributed by atoms with E-state index in [1.54, 1.807) is 0 Å². The molecule has 0 aromatic heterocycles. The maximum Gasteiger partial charge on any atom is 0.0229 e. The summed E-state index contributed by atoms with van der Waals surface area (Å²) in [5, 5.41) is 0. The molecule has 0 aromatic rings. The van der Waals surface area contributed by atoms with Crippen LogP contribution in [-0.4, -0.2) is 49.6 Å². The first-order chi connectivity index (χ1) is 5.24. The zero-order valence-corrected chi connectivity index (χ0v) is 7.88. The second-order valence-corrected chi connectivity index (χ2v) is 3.57. The van der Waals surface area contributed by atoms with Crippen LogP contribution < -0.4 is 0 Å². The minimum Gasteiger partial charge on any atom is -0.305 e. The fraction of sp³-hybridized carbons (Fsp3) is 0.889. The largest absolute Gasteiger partial charge is 0.305 e. The quantitative estimate of drug-likeness (QED) is 0.596. The summed E-state index contributed by atoms with van der Waals surface area (Å²) in [6.45, 7) is 5.80. The lowest BCUT2D eigenvalue weighted by Gasteiger charge is -2.19. The molecule has 2 nitrogen and oxygen atoms in total. The van der Waals surface area contributed by atoms with Crippen LogP contribution in [0.15, 0.2) is 0 Å². The second-order valence-electron chi connectivity index (χ2n) is 3.57. The van der Waals surface area contributed by atoms with Crippen molar-refractivity contribution in [2.24, 2.45) is 0 Å². The van der Waals surface area contributed by atoms with Crippen molar-refractivity contribution in [2.45, 2.75) is 19.4 Å². The van der Waals surface area contributed by atoms with Crippen molar-refractivity contribution < 1.29 is 0 Å². The smallest absolute Gasteiger partial charge is 0.0229 e. The fourth-order valence-electron chi connectivity index (χ4n) is 1.66. The molecule has 0 aromatic carbocycles. The number of hydrogen-bond donors (Lipinski definition) is 0. The van der Waals surface area contributed by atoms with Crippen LogP contribution in [-0.2, 0) is 0 Å². The van der Waals surface area contributed by atoms with Crippen molar-refractivity contribution in [1.82, 2.24) is 9.80 Å². The van der Waals surface area contributed by atoms with Crippen molar-refractivity contribution in [3.05, 3.63) is 6.42 Å². The number of rotatable bonds is 3. The standard InChI is InChI=1S/C9H19N2/c1-4-6-11-7-5-9(8-11)10(2)3/h4,9H,5-8H2,1-3H3/t9-/m1/s1. The summed E-state index contributed by atoms with van der Waals surface area (Å²) in [5.74, 6) is 0. The zero-order chi connectivity index (χ0) is 8.27. The minimum absolute atomic E-state index is 0.787. The Balaban J connectivity index is 2.23. The summed E-state index contributed by atoms with van der Waals surface area (Å²) in [6, 6.07) is 0.787. The third kappa shape index (κ3) is 2.46. The highest BCUT2D eigenvalue weighted by molar-refractivity contribution is 4.82. The molecule has 1 atom stereocenters. The van der Waals surface area contributed by atoms with E-state index in [9.17, 15) is 0 Å². The van der Waals surface area contributed by atoms with E-state index in [-0.39, 0.29) is 0 Å². The van der Waals surface area contributed by atoms with Gasteiger partial charge in [0.2, 0.25) is 0 Å². The normalized spacial score (nSPS) is 26.7. The molecular weight excluding hydrogens is 136 g/mol. The number of hydrogen-bond acceptors (Lipinski definition) is 2. The van der Waals surface area contributed by atoms with Crippen LogP contribution in [0.1, 0.15) is 13.3 Å². The lowest BCUT2D eigenvalue weighted by molar-refractivity contribution is 0.277. The van der Waals surface area contributed by atoms with Crippen molar-refractivity contribution in [3.63, 3.8) is 0 Å². The molecule has 1 aliphatic heterocycles. The third-order valence-corrected chi connectivity index (χ3v) is 2.42. The molecular formula is C9H19N2. The highest BCUT2D eigenvalue weighted by Crippen LogP contribution is 2.12. The molecule has 1 heterocycles. The van der Waals surface area contributed by atoms with E-state index in [1.807, 2.05) is 0 Å². The topological polar surface area (TPSA) is 6.48 Å². The van der Waals surface area contributed by atoms with Crippen molar-refractivity contribution in [1.29, 1.82) is 0 Å². The van der Waals surface area contributed by atoms with Crippen LogP contribution in [0.3, 0.4) is 0 Å². The van der Waals surface area contributed by atoms with Crippen LogP contribution in [0.25, 0.3) is 0 Å². The van der Waals surface area contributed by atoms with Gasteiger partial charge in [-0.3, -0.25) is 0 Å². The minimum atomic E-state index is 0.787. The van der Waals surface area contributed by atoms with Crippen LogP contribution in [0.2, 0.25) is 0 Å². The summed E-state index contributed by atoms with van der Waals surface area (Å²) < 4.78 is 0. The van der Waals surface area contributed by atoms with Gasteiger partial charge >= 0.3 is 0 Å². The lowest BCUT2D eigenvalue weighted by Crippen LogP contribution is -2.31. The molecule has 1 fully saturated rings. The van der Waals surface area contributed by atoms with E-state index >= 15 is 0 Å². The molecule has 11 heavy (non-hydrogen) atoms. The van der Waals surface area contributed by atoms with E-state index in [2.05, 4.69) is 37.2 Å². The Hall–Kier alpha value is -0.0800. The fourth-order valence-corrected chi connectivity index (χ4v) is 1.66. The first kappa shape index (κ1) is 9.01. The highest BCUT2D eigenvalue weighted by Gasteiger charge is 2.22. The van der Waals surface area contributed by atoms with Gasteiger partial charge in [0, 0.05) is 19.1 Å². The lowest BCUT2D eigenvalue weighted by atomic mass is 10.2. The molecule has 1 rings (SSSR count). The Kier molecular flexibility index (Phi) is 3.34. The molecule has 1 saturated heterocycles. The van der Waals surface area contributed by atoms with E-state index in [4.69, 9.17) is 0 Å². The molecule has 1 aliphatic rings. The third-order valence-electron chi connectivity index (χ3n) is 2.42. The summed E-state index contributed by atoms with van der Waals surface area (Å²) in [4.78, 5) is 4.83. The summed E-state index contributed by atoms with van der Waals surface area (Å²) >= 11 is 0. The van der Waals surface area contributed by atoms with E-state index in [1.165, 1.54) is 19.5 Å². The molecule has 0 N–H and O–H groups in total. The van der Waals surface area contributed by atoms with Gasteiger partial charge in [-0.15, -0.1) is 0 Å². The van der Waals surface area contributed by atoms with Crippen LogP contribution in [0.4, 0.5) is 0 Å². The van der Waals surface area contributed by atoms with Gasteiger partial charge in [0.15, 0.2) is 0 Å². The van der Waals surface area contributed by atoms with Crippen LogP contribution in [0.5, 0.6) is 0 Å². The number of likely N-dealkylation sites (N-methyl/N-ethyl adjacent to an activating group) is 1. The first-order valence-electron chi connectivity index (χ1n) is 4.40. The van der Waals surface area contributed by atoms with Gasteiger partial charge in [-0.1, -0.05) is 6.92 Å². The Bertz CT molecular complexity index is 112. The van der Waals surface area contributed by atoms with Crippen molar-refractivity contribution >= 4 is 0 Å². The van der Waals surface area contributed by atoms with Crippen molar-refractivity contribution in [3.8, 4) is 0 Å². The van der Waals surface area contributed by atoms with Gasteiger partial charge in [0.05, 0.1) is 0 Å². The Morgan fingerprint density at radius 2 is 2.27 bits per heavy atom. The maximum atomic E-state index is 2.50. The SMILES string of the molecule is C[CH]CN1CC[C@@H](N(C)C)C1. The van der Waals surface area contributed by atoms with Gasteiger partial charge in [0.1, 0.15) is 0 Å². The summed E-state index contributed by atoms with van der Waals surface area (Å²) in [7, 11) is 4.34. The molecule has 0 unspecified atom stereocenters. The highest BCUT2D eigenvalue weighted by atomic mass is 15.2. The predicted molar refractivity (Wildman–Crippen MR) is 48.5 cm³/mol. The van der Waals surface area contributed by atoms with Crippen molar-refractivity contribution in [2.75, 3.05) is 33.7 Å². The monoisotopic (exact) mass is 155 g/mol. The van der Waals surface area contributed by atoms with Crippen LogP contribution >= 0.6 is 0 Å². The summed E-state index contributed by atoms with van der Waals surface area (Å²) in [5.41, 5.74) is 0. The molecule has 0 amide bonds. The maximum absolute atomic E-state index is 2.50. The average Bonchev–Trinajstić information content (AvgIpc) is 2.37. The van der Waals surface area contributed by atoms with Crippen LogP contribution in [0, 0.1) is 6.42 Å². The van der Waals surface area contributed by atoms with Gasteiger partial charge in [-0.25, -0.2) is 0 Å². The van der Waals surface area contributed by atoms with Gasteiger partial charge in [-0.2, -0.15) is 0 Å². The van der Waals surface area contributed by atoms with E-state index in [0.717, 1.165) is 12.6 Å². The zero-order valence-electron chi connectivity index (χ0n) is 7.88. The van der Waals surface area contributed by atoms with E-state index in [0.29, 0.717) is 0 Å². The van der Waals surface area contributed by atoms with Gasteiger partial charge < -0.3 is 9.80 Å². The van der Waals surface area contributed by atoms with Gasteiger partial charge in [-0.05, 0) is 33.5 Å². The molecule has 65 valence electrons. The molecule has 0 bridgehead atoms. The molecule has 2 heteroatoms. The molecule has 0 saturated carbocycles. The Labute approximate surface area is 70.2 Å². The summed E-state index contributed by atoms with van der Waals surface area (Å²) in [6.07, 6.45) is 3.57. The number of nitrogens with zero attached hydrogens (tertiary/aromatic N) is 2. The molecule has 1 radical (unpaired) electrons. The molecule has 0 aliphatic carbocycles.